The van der Waals surface area contributed by atoms with Gasteiger partial charge in [-0.15, -0.1) is 0 Å². The lowest BCUT2D eigenvalue weighted by molar-refractivity contribution is 0.254. The molecule has 5 rings (SSSR count). The summed E-state index contributed by atoms with van der Waals surface area (Å²) in [5, 5.41) is 4.80. The molecule has 0 bridgehead atoms. The second kappa shape index (κ2) is 8.69. The van der Waals surface area contributed by atoms with Gasteiger partial charge in [0.05, 0.1) is 24.8 Å². The zero-order chi connectivity index (χ0) is 21.2. The molecule has 6 heteroatoms. The molecule has 0 radical (unpaired) electrons. The van der Waals surface area contributed by atoms with Gasteiger partial charge in [-0.25, -0.2) is 14.6 Å². The predicted molar refractivity (Wildman–Crippen MR) is 122 cm³/mol. The SMILES string of the molecule is COc1cc(/C=C/c2nc3n(n2)CCC[C@H]3C2CCCCC2)ccc1-n1cnc(C)c1. The first-order valence-electron chi connectivity index (χ1n) is 11.5. The van der Waals surface area contributed by atoms with Gasteiger partial charge in [-0.05, 0) is 62.3 Å². The molecule has 1 aliphatic heterocycles. The molecule has 2 aliphatic rings. The van der Waals surface area contributed by atoms with E-state index >= 15 is 0 Å². The van der Waals surface area contributed by atoms with Crippen LogP contribution in [0.3, 0.4) is 0 Å². The third-order valence-electron chi connectivity index (χ3n) is 6.77. The molecule has 31 heavy (non-hydrogen) atoms. The van der Waals surface area contributed by atoms with E-state index in [-0.39, 0.29) is 0 Å². The van der Waals surface area contributed by atoms with Crippen LogP contribution < -0.4 is 4.74 Å². The van der Waals surface area contributed by atoms with E-state index in [4.69, 9.17) is 14.8 Å². The molecule has 1 aliphatic carbocycles. The van der Waals surface area contributed by atoms with Gasteiger partial charge in [0.25, 0.3) is 0 Å². The number of hydrogen-bond donors (Lipinski definition) is 0. The van der Waals surface area contributed by atoms with Crippen LogP contribution in [0.25, 0.3) is 17.8 Å². The summed E-state index contributed by atoms with van der Waals surface area (Å²) in [6.45, 7) is 2.97. The lowest BCUT2D eigenvalue weighted by Gasteiger charge is -2.32. The lowest BCUT2D eigenvalue weighted by Crippen LogP contribution is -2.24. The predicted octanol–water partition coefficient (Wildman–Crippen LogP) is 5.41. The quantitative estimate of drug-likeness (QED) is 0.557. The Balaban J connectivity index is 1.37. The third-order valence-corrected chi connectivity index (χ3v) is 6.77. The van der Waals surface area contributed by atoms with Crippen molar-refractivity contribution in [1.29, 1.82) is 0 Å². The van der Waals surface area contributed by atoms with Crippen LogP contribution >= 0.6 is 0 Å². The van der Waals surface area contributed by atoms with Crippen molar-refractivity contribution in [2.24, 2.45) is 5.92 Å². The lowest BCUT2D eigenvalue weighted by atomic mass is 9.77. The van der Waals surface area contributed by atoms with Gasteiger partial charge in [-0.1, -0.05) is 31.4 Å². The molecule has 0 spiro atoms. The van der Waals surface area contributed by atoms with E-state index in [1.54, 1.807) is 7.11 Å². The summed E-state index contributed by atoms with van der Waals surface area (Å²) in [4.78, 5) is 9.27. The number of fused-ring (bicyclic) bond motifs is 1. The van der Waals surface area contributed by atoms with Gasteiger partial charge in [-0.3, -0.25) is 0 Å². The van der Waals surface area contributed by atoms with Gasteiger partial charge in [0, 0.05) is 18.7 Å². The second-order valence-corrected chi connectivity index (χ2v) is 8.89. The minimum Gasteiger partial charge on any atom is -0.495 e. The highest BCUT2D eigenvalue weighted by Crippen LogP contribution is 2.40. The van der Waals surface area contributed by atoms with E-state index in [2.05, 4.69) is 27.9 Å². The van der Waals surface area contributed by atoms with Crippen molar-refractivity contribution in [3.8, 4) is 11.4 Å². The standard InChI is InChI=1S/C25H31N5O/c1-18-16-29(17-26-18)22-12-10-19(15-23(22)31-2)11-13-24-27-25-21(9-6-14-30(25)28-24)20-7-4-3-5-8-20/h10-13,15-17,20-21H,3-9,14H2,1-2H3/b13-11+/t21-/m0/s1. The Bertz CT molecular complexity index is 1070. The molecule has 1 aromatic carbocycles. The average molecular weight is 418 g/mol. The van der Waals surface area contributed by atoms with Crippen molar-refractivity contribution >= 4 is 12.2 Å². The van der Waals surface area contributed by atoms with Crippen LogP contribution in [0.5, 0.6) is 5.75 Å². The minimum absolute atomic E-state index is 0.585. The highest BCUT2D eigenvalue weighted by atomic mass is 16.5. The van der Waals surface area contributed by atoms with E-state index in [1.165, 1.54) is 50.8 Å². The fourth-order valence-electron chi connectivity index (χ4n) is 5.19. The summed E-state index contributed by atoms with van der Waals surface area (Å²) in [6.07, 6.45) is 17.2. The maximum absolute atomic E-state index is 5.63. The van der Waals surface area contributed by atoms with E-state index < -0.39 is 0 Å². The van der Waals surface area contributed by atoms with Crippen LogP contribution in [0, 0.1) is 12.8 Å². The van der Waals surface area contributed by atoms with Crippen LogP contribution in [0.2, 0.25) is 0 Å². The molecule has 3 heterocycles. The van der Waals surface area contributed by atoms with E-state index in [1.807, 2.05) is 36.2 Å². The molecule has 3 aromatic rings. The second-order valence-electron chi connectivity index (χ2n) is 8.89. The van der Waals surface area contributed by atoms with Crippen LogP contribution in [-0.2, 0) is 6.54 Å². The largest absolute Gasteiger partial charge is 0.495 e. The van der Waals surface area contributed by atoms with Crippen LogP contribution in [0.15, 0.2) is 30.7 Å². The zero-order valence-electron chi connectivity index (χ0n) is 18.5. The number of benzene rings is 1. The molecule has 6 nitrogen and oxygen atoms in total. The Hall–Kier alpha value is -2.89. The summed E-state index contributed by atoms with van der Waals surface area (Å²) in [6, 6.07) is 6.19. The smallest absolute Gasteiger partial charge is 0.174 e. The average Bonchev–Trinajstić information content (AvgIpc) is 3.43. The van der Waals surface area contributed by atoms with Gasteiger partial charge in [0.1, 0.15) is 11.6 Å². The Labute approximate surface area is 184 Å². The van der Waals surface area contributed by atoms with Crippen molar-refractivity contribution in [2.75, 3.05) is 7.11 Å². The maximum atomic E-state index is 5.63. The van der Waals surface area contributed by atoms with Crippen molar-refractivity contribution in [3.05, 3.63) is 53.6 Å². The van der Waals surface area contributed by atoms with Gasteiger partial charge in [0.2, 0.25) is 0 Å². The molecular formula is C25H31N5O. The Morgan fingerprint density at radius 2 is 1.94 bits per heavy atom. The number of nitrogens with zero attached hydrogens (tertiary/aromatic N) is 5. The fraction of sp³-hybridized carbons (Fsp3) is 0.480. The maximum Gasteiger partial charge on any atom is 0.174 e. The first kappa shape index (κ1) is 20.0. The van der Waals surface area contributed by atoms with Crippen molar-refractivity contribution in [3.63, 3.8) is 0 Å². The molecular weight excluding hydrogens is 386 g/mol. The molecule has 0 amide bonds. The van der Waals surface area contributed by atoms with Crippen molar-refractivity contribution in [1.82, 2.24) is 24.3 Å². The molecule has 0 saturated heterocycles. The van der Waals surface area contributed by atoms with Crippen molar-refractivity contribution in [2.45, 2.75) is 64.3 Å². The zero-order valence-corrected chi connectivity index (χ0v) is 18.5. The first-order valence-corrected chi connectivity index (χ1v) is 11.5. The van der Waals surface area contributed by atoms with Gasteiger partial charge in [-0.2, -0.15) is 5.10 Å². The highest BCUT2D eigenvalue weighted by molar-refractivity contribution is 5.69. The summed E-state index contributed by atoms with van der Waals surface area (Å²) in [5.41, 5.74) is 3.02. The number of ether oxygens (including phenoxy) is 1. The minimum atomic E-state index is 0.585. The van der Waals surface area contributed by atoms with Crippen molar-refractivity contribution < 1.29 is 4.74 Å². The highest BCUT2D eigenvalue weighted by Gasteiger charge is 2.31. The Kier molecular flexibility index (Phi) is 5.62. The monoisotopic (exact) mass is 417 g/mol. The Morgan fingerprint density at radius 1 is 1.06 bits per heavy atom. The van der Waals surface area contributed by atoms with Gasteiger partial charge >= 0.3 is 0 Å². The van der Waals surface area contributed by atoms with E-state index in [9.17, 15) is 0 Å². The molecule has 1 atom stereocenters. The molecule has 0 unspecified atom stereocenters. The number of imidazole rings is 1. The molecule has 0 N–H and O–H groups in total. The number of aromatic nitrogens is 5. The van der Waals surface area contributed by atoms with Gasteiger partial charge < -0.3 is 9.30 Å². The molecule has 2 aromatic heterocycles. The summed E-state index contributed by atoms with van der Waals surface area (Å²) in [7, 11) is 1.70. The van der Waals surface area contributed by atoms with Crippen LogP contribution in [-0.4, -0.2) is 31.4 Å². The Morgan fingerprint density at radius 3 is 2.71 bits per heavy atom. The number of hydrogen-bond acceptors (Lipinski definition) is 4. The van der Waals surface area contributed by atoms with E-state index in [0.717, 1.165) is 41.0 Å². The normalized spacial score (nSPS) is 19.6. The number of rotatable bonds is 5. The van der Waals surface area contributed by atoms with Crippen LogP contribution in [0.1, 0.15) is 73.8 Å². The first-order chi connectivity index (χ1) is 15.2. The summed E-state index contributed by atoms with van der Waals surface area (Å²) in [5.74, 6) is 4.21. The summed E-state index contributed by atoms with van der Waals surface area (Å²) >= 11 is 0. The molecule has 162 valence electrons. The van der Waals surface area contributed by atoms with Crippen LogP contribution in [0.4, 0.5) is 0 Å². The molecule has 1 saturated carbocycles. The molecule has 1 fully saturated rings. The summed E-state index contributed by atoms with van der Waals surface area (Å²) < 4.78 is 9.78. The fourth-order valence-corrected chi connectivity index (χ4v) is 5.19. The number of aryl methyl sites for hydroxylation is 2. The van der Waals surface area contributed by atoms with Gasteiger partial charge in [0.15, 0.2) is 5.82 Å². The van der Waals surface area contributed by atoms with E-state index in [0.29, 0.717) is 5.92 Å². The topological polar surface area (TPSA) is 57.8 Å². The third kappa shape index (κ3) is 4.16. The number of methoxy groups -OCH3 is 1.